The fourth-order valence-corrected chi connectivity index (χ4v) is 1.87. The Morgan fingerprint density at radius 1 is 1.44 bits per heavy atom. The third-order valence-corrected chi connectivity index (χ3v) is 3.30. The van der Waals surface area contributed by atoms with Crippen molar-refractivity contribution in [3.8, 4) is 6.07 Å². The molecular weight excluding hydrogens is 228 g/mol. The molecule has 0 heterocycles. The van der Waals surface area contributed by atoms with Crippen LogP contribution in [0.3, 0.4) is 0 Å². The molecule has 1 aromatic rings. The molecule has 1 aromatic carbocycles. The monoisotopic (exact) mass is 244 g/mol. The van der Waals surface area contributed by atoms with Gasteiger partial charge in [0, 0.05) is 0 Å². The summed E-state index contributed by atoms with van der Waals surface area (Å²) in [5.41, 5.74) is 0.510. The summed E-state index contributed by atoms with van der Waals surface area (Å²) in [6, 6.07) is 11.5. The Hall–Kier alpha value is -1.86. The molecule has 2 rings (SSSR count). The molecule has 0 bridgehead atoms. The van der Waals surface area contributed by atoms with Gasteiger partial charge < -0.3 is 10.4 Å². The number of benzene rings is 1. The number of nitrogens with zero attached hydrogens (tertiary/aromatic N) is 1. The molecule has 0 saturated heterocycles. The van der Waals surface area contributed by atoms with Gasteiger partial charge in [-0.2, -0.15) is 5.26 Å². The average Bonchev–Trinajstić information content (AvgIpc) is 3.17. The number of amides is 1. The van der Waals surface area contributed by atoms with Crippen LogP contribution < -0.4 is 5.32 Å². The lowest BCUT2D eigenvalue weighted by atomic mass is 9.99. The first-order chi connectivity index (χ1) is 8.69. The van der Waals surface area contributed by atoms with Gasteiger partial charge in [-0.1, -0.05) is 30.3 Å². The van der Waals surface area contributed by atoms with E-state index < -0.39 is 11.5 Å². The van der Waals surface area contributed by atoms with Crippen LogP contribution in [0.15, 0.2) is 30.3 Å². The minimum Gasteiger partial charge on any atom is -0.394 e. The van der Waals surface area contributed by atoms with E-state index in [-0.39, 0.29) is 12.5 Å². The van der Waals surface area contributed by atoms with Crippen molar-refractivity contribution in [3.63, 3.8) is 0 Å². The van der Waals surface area contributed by atoms with Crippen molar-refractivity contribution in [1.82, 2.24) is 5.32 Å². The number of carbonyl (C=O) groups is 1. The Morgan fingerprint density at radius 3 is 2.61 bits per heavy atom. The molecule has 1 fully saturated rings. The average molecular weight is 244 g/mol. The van der Waals surface area contributed by atoms with Crippen molar-refractivity contribution in [2.45, 2.75) is 24.8 Å². The highest BCUT2D eigenvalue weighted by Crippen LogP contribution is 2.34. The molecule has 1 aliphatic carbocycles. The minimum absolute atomic E-state index is 0.0533. The van der Waals surface area contributed by atoms with Crippen LogP contribution in [-0.4, -0.2) is 23.2 Å². The van der Waals surface area contributed by atoms with Gasteiger partial charge >= 0.3 is 0 Å². The van der Waals surface area contributed by atoms with E-state index in [4.69, 9.17) is 10.4 Å². The summed E-state index contributed by atoms with van der Waals surface area (Å²) in [5, 5.41) is 21.0. The summed E-state index contributed by atoms with van der Waals surface area (Å²) in [5.74, 6) is -0.982. The van der Waals surface area contributed by atoms with Crippen LogP contribution in [0.1, 0.15) is 18.4 Å². The molecule has 0 aliphatic heterocycles. The first-order valence-electron chi connectivity index (χ1n) is 6.05. The normalized spacial score (nSPS) is 17.6. The summed E-state index contributed by atoms with van der Waals surface area (Å²) in [4.78, 5) is 11.9. The Bertz CT molecular complexity index is 460. The van der Waals surface area contributed by atoms with Crippen LogP contribution in [0.25, 0.3) is 0 Å². The molecule has 0 spiro atoms. The second-order valence-electron chi connectivity index (χ2n) is 4.80. The summed E-state index contributed by atoms with van der Waals surface area (Å²) in [6.07, 6.45) is 1.99. The zero-order chi connectivity index (χ0) is 13.0. The molecule has 1 aliphatic rings. The Labute approximate surface area is 106 Å². The maximum absolute atomic E-state index is 11.9. The molecule has 0 aromatic heterocycles. The van der Waals surface area contributed by atoms with E-state index in [1.807, 2.05) is 36.4 Å². The second-order valence-corrected chi connectivity index (χ2v) is 4.80. The van der Waals surface area contributed by atoms with Crippen molar-refractivity contribution in [2.75, 3.05) is 6.61 Å². The van der Waals surface area contributed by atoms with Gasteiger partial charge in [0.05, 0.1) is 18.2 Å². The van der Waals surface area contributed by atoms with Gasteiger partial charge in [-0.3, -0.25) is 4.79 Å². The number of aliphatic hydroxyl groups excluding tert-OH is 1. The molecule has 4 heteroatoms. The van der Waals surface area contributed by atoms with E-state index in [0.717, 1.165) is 18.4 Å². The summed E-state index contributed by atoms with van der Waals surface area (Å²) < 4.78 is 0. The van der Waals surface area contributed by atoms with Crippen LogP contribution in [0, 0.1) is 17.2 Å². The van der Waals surface area contributed by atoms with Gasteiger partial charge in [0.25, 0.3) is 0 Å². The molecule has 2 N–H and O–H groups in total. The van der Waals surface area contributed by atoms with Gasteiger partial charge in [0.15, 0.2) is 0 Å². The second kappa shape index (κ2) is 5.19. The predicted molar refractivity (Wildman–Crippen MR) is 66.4 cm³/mol. The largest absolute Gasteiger partial charge is 0.394 e. The zero-order valence-electron chi connectivity index (χ0n) is 10.1. The molecule has 94 valence electrons. The molecule has 0 radical (unpaired) electrons. The number of carbonyl (C=O) groups excluding carboxylic acids is 1. The fraction of sp³-hybridized carbons (Fsp3) is 0.429. The number of hydrogen-bond acceptors (Lipinski definition) is 3. The standard InChI is InChI=1S/C14H16N2O2/c15-9-12(8-11-4-2-1-3-5-11)13(18)16-14(10-17)6-7-14/h1-5,12,17H,6-8,10H2,(H,16,18). The fourth-order valence-electron chi connectivity index (χ4n) is 1.87. The maximum Gasteiger partial charge on any atom is 0.238 e. The first kappa shape index (κ1) is 12.6. The first-order valence-corrected chi connectivity index (χ1v) is 6.05. The van der Waals surface area contributed by atoms with Crippen molar-refractivity contribution >= 4 is 5.91 Å². The van der Waals surface area contributed by atoms with Crippen LogP contribution in [0.2, 0.25) is 0 Å². The highest BCUT2D eigenvalue weighted by molar-refractivity contribution is 5.82. The van der Waals surface area contributed by atoms with E-state index in [1.165, 1.54) is 0 Å². The SMILES string of the molecule is N#CC(Cc1ccccc1)C(=O)NC1(CO)CC1. The van der Waals surface area contributed by atoms with Gasteiger partial charge in [-0.15, -0.1) is 0 Å². The van der Waals surface area contributed by atoms with E-state index in [9.17, 15) is 4.79 Å². The zero-order valence-corrected chi connectivity index (χ0v) is 10.1. The number of nitrogens with one attached hydrogen (secondary N) is 1. The highest BCUT2D eigenvalue weighted by Gasteiger charge is 2.44. The molecule has 4 nitrogen and oxygen atoms in total. The molecule has 1 saturated carbocycles. The molecule has 1 unspecified atom stereocenters. The van der Waals surface area contributed by atoms with E-state index in [1.54, 1.807) is 0 Å². The van der Waals surface area contributed by atoms with Crippen LogP contribution in [-0.2, 0) is 11.2 Å². The van der Waals surface area contributed by atoms with Crippen molar-refractivity contribution < 1.29 is 9.90 Å². The van der Waals surface area contributed by atoms with Gasteiger partial charge in [0.1, 0.15) is 5.92 Å². The summed E-state index contributed by atoms with van der Waals surface area (Å²) >= 11 is 0. The lowest BCUT2D eigenvalue weighted by Gasteiger charge is -2.17. The quantitative estimate of drug-likeness (QED) is 0.812. The highest BCUT2D eigenvalue weighted by atomic mass is 16.3. The third-order valence-electron chi connectivity index (χ3n) is 3.30. The summed E-state index contributed by atoms with van der Waals surface area (Å²) in [7, 11) is 0. The van der Waals surface area contributed by atoms with E-state index >= 15 is 0 Å². The van der Waals surface area contributed by atoms with Crippen LogP contribution >= 0.6 is 0 Å². The summed E-state index contributed by atoms with van der Waals surface area (Å²) in [6.45, 7) is -0.0533. The predicted octanol–water partition coefficient (Wildman–Crippen LogP) is 1.01. The Balaban J connectivity index is 1.97. The lowest BCUT2D eigenvalue weighted by molar-refractivity contribution is -0.124. The number of hydrogen-bond donors (Lipinski definition) is 2. The Kier molecular flexibility index (Phi) is 3.63. The third kappa shape index (κ3) is 2.88. The number of rotatable bonds is 5. The number of aliphatic hydroxyl groups is 1. The maximum atomic E-state index is 11.9. The van der Waals surface area contributed by atoms with Gasteiger partial charge in [-0.05, 0) is 24.8 Å². The van der Waals surface area contributed by atoms with E-state index in [0.29, 0.717) is 6.42 Å². The molecule has 18 heavy (non-hydrogen) atoms. The number of nitriles is 1. The molecular formula is C14H16N2O2. The van der Waals surface area contributed by atoms with Crippen molar-refractivity contribution in [1.29, 1.82) is 5.26 Å². The minimum atomic E-state index is -0.698. The smallest absolute Gasteiger partial charge is 0.238 e. The Morgan fingerprint density at radius 2 is 2.11 bits per heavy atom. The van der Waals surface area contributed by atoms with E-state index in [2.05, 4.69) is 5.32 Å². The van der Waals surface area contributed by atoms with Gasteiger partial charge in [-0.25, -0.2) is 0 Å². The van der Waals surface area contributed by atoms with Crippen molar-refractivity contribution in [2.24, 2.45) is 5.92 Å². The molecule has 1 atom stereocenters. The van der Waals surface area contributed by atoms with Gasteiger partial charge in [0.2, 0.25) is 5.91 Å². The van der Waals surface area contributed by atoms with Crippen LogP contribution in [0.4, 0.5) is 0 Å². The molecule has 1 amide bonds. The van der Waals surface area contributed by atoms with Crippen molar-refractivity contribution in [3.05, 3.63) is 35.9 Å². The van der Waals surface area contributed by atoms with Crippen LogP contribution in [0.5, 0.6) is 0 Å². The topological polar surface area (TPSA) is 73.1 Å². The lowest BCUT2D eigenvalue weighted by Crippen LogP contribution is -2.43.